The quantitative estimate of drug-likeness (QED) is 0.589. The Labute approximate surface area is 99.5 Å². The van der Waals surface area contributed by atoms with Crippen molar-refractivity contribution in [2.75, 3.05) is 19.6 Å². The van der Waals surface area contributed by atoms with Gasteiger partial charge in [0.15, 0.2) is 0 Å². The Bertz CT molecular complexity index is 316. The summed E-state index contributed by atoms with van der Waals surface area (Å²) in [6.45, 7) is 8.50. The van der Waals surface area contributed by atoms with Crippen LogP contribution in [0.15, 0.2) is 0 Å². The van der Waals surface area contributed by atoms with E-state index in [0.29, 0.717) is 0 Å². The van der Waals surface area contributed by atoms with E-state index in [9.17, 15) is 13.2 Å². The lowest BCUT2D eigenvalue weighted by molar-refractivity contribution is -0.0510. The molecule has 0 spiro atoms. The Morgan fingerprint density at radius 3 is 2.12 bits per heavy atom. The predicted molar refractivity (Wildman–Crippen MR) is 58.1 cm³/mol. The van der Waals surface area contributed by atoms with Gasteiger partial charge in [0.2, 0.25) is 0 Å². The van der Waals surface area contributed by atoms with Crippen LogP contribution in [0.1, 0.15) is 26.7 Å². The summed E-state index contributed by atoms with van der Waals surface area (Å²) < 4.78 is 57.5. The maximum absolute atomic E-state index is 10.7. The minimum Gasteiger partial charge on any atom is -0.303 e. The highest BCUT2D eigenvalue weighted by Crippen LogP contribution is 2.20. The van der Waals surface area contributed by atoms with Gasteiger partial charge in [-0.05, 0) is 31.8 Å². The molecule has 1 N–H and O–H groups in total. The zero-order valence-electron chi connectivity index (χ0n) is 9.87. The number of halogens is 3. The van der Waals surface area contributed by atoms with Gasteiger partial charge in [0, 0.05) is 6.54 Å². The van der Waals surface area contributed by atoms with E-state index >= 15 is 0 Å². The molecular formula is C9H18F3NO3S. The second-order valence-corrected chi connectivity index (χ2v) is 5.47. The van der Waals surface area contributed by atoms with Gasteiger partial charge >= 0.3 is 15.6 Å². The van der Waals surface area contributed by atoms with Gasteiger partial charge in [-0.1, -0.05) is 13.8 Å². The Morgan fingerprint density at radius 2 is 1.88 bits per heavy atom. The summed E-state index contributed by atoms with van der Waals surface area (Å²) in [6.07, 6.45) is 2.85. The minimum absolute atomic E-state index is 0.943. The van der Waals surface area contributed by atoms with Crippen LogP contribution in [0.4, 0.5) is 13.2 Å². The van der Waals surface area contributed by atoms with Crippen molar-refractivity contribution in [2.45, 2.75) is 32.2 Å². The molecule has 8 heteroatoms. The van der Waals surface area contributed by atoms with Crippen LogP contribution < -0.4 is 0 Å². The lowest BCUT2D eigenvalue weighted by Crippen LogP contribution is -2.33. The number of nitrogens with zero attached hydrogens (tertiary/aromatic N) is 1. The van der Waals surface area contributed by atoms with Gasteiger partial charge in [-0.15, -0.1) is 0 Å². The Balaban J connectivity index is 0.000000304. The molecule has 0 aromatic carbocycles. The highest BCUT2D eigenvalue weighted by Gasteiger charge is 2.44. The summed E-state index contributed by atoms with van der Waals surface area (Å²) in [5.74, 6) is 0.943. The van der Waals surface area contributed by atoms with Crippen molar-refractivity contribution in [2.24, 2.45) is 5.92 Å². The monoisotopic (exact) mass is 277 g/mol. The normalized spacial score (nSPS) is 22.8. The predicted octanol–water partition coefficient (Wildman–Crippen LogP) is 2.13. The fourth-order valence-electron chi connectivity index (χ4n) is 1.57. The lowest BCUT2D eigenvalue weighted by atomic mass is 10.0. The molecule has 0 aliphatic carbocycles. The van der Waals surface area contributed by atoms with Crippen LogP contribution in [-0.4, -0.2) is 43.0 Å². The molecule has 0 radical (unpaired) electrons. The van der Waals surface area contributed by atoms with Gasteiger partial charge in [-0.2, -0.15) is 21.6 Å². The van der Waals surface area contributed by atoms with Crippen molar-refractivity contribution in [1.29, 1.82) is 0 Å². The molecule has 1 fully saturated rings. The van der Waals surface area contributed by atoms with E-state index in [1.54, 1.807) is 0 Å². The molecule has 1 atom stereocenters. The third-order valence-corrected chi connectivity index (χ3v) is 3.07. The van der Waals surface area contributed by atoms with Crippen LogP contribution in [0.2, 0.25) is 0 Å². The molecule has 0 aromatic heterocycles. The van der Waals surface area contributed by atoms with Crippen molar-refractivity contribution >= 4 is 10.1 Å². The maximum atomic E-state index is 10.7. The molecule has 1 unspecified atom stereocenters. The molecule has 0 amide bonds. The standard InChI is InChI=1S/C8H17N.CHF3O3S/c1-3-9-6-4-5-8(2)7-9;2-1(3,4)8(5,6)7/h8H,3-7H2,1-2H3;(H,5,6,7). The largest absolute Gasteiger partial charge is 0.522 e. The third kappa shape index (κ3) is 6.85. The Kier molecular flexibility index (Phi) is 6.42. The fraction of sp³-hybridized carbons (Fsp3) is 1.00. The molecule has 0 bridgehead atoms. The summed E-state index contributed by atoms with van der Waals surface area (Å²) in [4.78, 5) is 2.54. The lowest BCUT2D eigenvalue weighted by Gasteiger charge is -2.29. The van der Waals surface area contributed by atoms with E-state index in [1.165, 1.54) is 32.5 Å². The van der Waals surface area contributed by atoms with Gasteiger partial charge in [0.1, 0.15) is 0 Å². The second-order valence-electron chi connectivity index (χ2n) is 4.06. The van der Waals surface area contributed by atoms with Crippen LogP contribution in [0.3, 0.4) is 0 Å². The van der Waals surface area contributed by atoms with E-state index in [1.807, 2.05) is 0 Å². The van der Waals surface area contributed by atoms with E-state index in [2.05, 4.69) is 18.7 Å². The summed E-state index contributed by atoms with van der Waals surface area (Å²) in [5, 5.41) is 0. The topological polar surface area (TPSA) is 57.6 Å². The molecule has 17 heavy (non-hydrogen) atoms. The minimum atomic E-state index is -5.84. The zero-order chi connectivity index (χ0) is 13.7. The van der Waals surface area contributed by atoms with Crippen LogP contribution in [-0.2, 0) is 10.1 Å². The molecule has 0 saturated carbocycles. The Hall–Kier alpha value is -0.340. The van der Waals surface area contributed by atoms with Gasteiger partial charge in [-0.25, -0.2) is 0 Å². The first-order chi connectivity index (χ1) is 7.58. The van der Waals surface area contributed by atoms with Crippen molar-refractivity contribution in [3.8, 4) is 0 Å². The number of likely N-dealkylation sites (tertiary alicyclic amines) is 1. The fourth-order valence-corrected chi connectivity index (χ4v) is 1.57. The van der Waals surface area contributed by atoms with E-state index in [4.69, 9.17) is 13.0 Å². The van der Waals surface area contributed by atoms with Crippen LogP contribution in [0.25, 0.3) is 0 Å². The molecule has 1 rings (SSSR count). The SMILES string of the molecule is CCN1CCCC(C)C1.O=S(=O)(O)C(F)(F)F. The van der Waals surface area contributed by atoms with Crippen LogP contribution in [0, 0.1) is 5.92 Å². The van der Waals surface area contributed by atoms with Crippen LogP contribution in [0.5, 0.6) is 0 Å². The molecular weight excluding hydrogens is 259 g/mol. The van der Waals surface area contributed by atoms with Gasteiger partial charge in [0.05, 0.1) is 0 Å². The molecule has 0 aromatic rings. The van der Waals surface area contributed by atoms with Crippen molar-refractivity contribution in [1.82, 2.24) is 4.90 Å². The third-order valence-electron chi connectivity index (χ3n) is 2.48. The zero-order valence-corrected chi connectivity index (χ0v) is 10.7. The van der Waals surface area contributed by atoms with Gasteiger partial charge < -0.3 is 4.90 Å². The Morgan fingerprint density at radius 1 is 1.41 bits per heavy atom. The number of hydrogen-bond donors (Lipinski definition) is 1. The number of hydrogen-bond acceptors (Lipinski definition) is 3. The maximum Gasteiger partial charge on any atom is 0.522 e. The van der Waals surface area contributed by atoms with E-state index < -0.39 is 15.6 Å². The molecule has 1 aliphatic heterocycles. The summed E-state index contributed by atoms with van der Waals surface area (Å²) in [6, 6.07) is 0. The van der Waals surface area contributed by atoms with Gasteiger partial charge in [-0.3, -0.25) is 4.55 Å². The first kappa shape index (κ1) is 16.7. The average Bonchev–Trinajstić information content (AvgIpc) is 2.15. The first-order valence-corrected chi connectivity index (χ1v) is 6.78. The second kappa shape index (κ2) is 6.55. The average molecular weight is 277 g/mol. The molecule has 4 nitrogen and oxygen atoms in total. The number of alkyl halides is 3. The molecule has 1 aliphatic rings. The summed E-state index contributed by atoms with van der Waals surface area (Å²) in [7, 11) is -5.84. The summed E-state index contributed by atoms with van der Waals surface area (Å²) >= 11 is 0. The van der Waals surface area contributed by atoms with Gasteiger partial charge in [0.25, 0.3) is 0 Å². The molecule has 1 heterocycles. The van der Waals surface area contributed by atoms with Crippen molar-refractivity contribution < 1.29 is 26.1 Å². The first-order valence-electron chi connectivity index (χ1n) is 5.34. The highest BCUT2D eigenvalue weighted by atomic mass is 32.2. The number of rotatable bonds is 1. The highest BCUT2D eigenvalue weighted by molar-refractivity contribution is 7.86. The van der Waals surface area contributed by atoms with E-state index in [0.717, 1.165) is 5.92 Å². The van der Waals surface area contributed by atoms with E-state index in [-0.39, 0.29) is 0 Å². The summed E-state index contributed by atoms with van der Waals surface area (Å²) in [5.41, 5.74) is -5.53. The number of piperidine rings is 1. The molecule has 1 saturated heterocycles. The van der Waals surface area contributed by atoms with Crippen molar-refractivity contribution in [3.05, 3.63) is 0 Å². The van der Waals surface area contributed by atoms with Crippen LogP contribution >= 0.6 is 0 Å². The smallest absolute Gasteiger partial charge is 0.303 e. The van der Waals surface area contributed by atoms with Crippen molar-refractivity contribution in [3.63, 3.8) is 0 Å². The molecule has 104 valence electrons.